The van der Waals surface area contributed by atoms with Crippen LogP contribution in [0.25, 0.3) is 0 Å². The molecule has 0 saturated heterocycles. The first-order valence-electron chi connectivity index (χ1n) is 4.85. The minimum Gasteiger partial charge on any atom is -0.478 e. The summed E-state index contributed by atoms with van der Waals surface area (Å²) in [5.74, 6) is -1.30. The summed E-state index contributed by atoms with van der Waals surface area (Å²) in [7, 11) is 0. The lowest BCUT2D eigenvalue weighted by atomic mass is 10.2. The summed E-state index contributed by atoms with van der Waals surface area (Å²) < 4.78 is 0. The fourth-order valence-electron chi connectivity index (χ4n) is 1.20. The summed E-state index contributed by atoms with van der Waals surface area (Å²) in [6.45, 7) is 1.53. The van der Waals surface area contributed by atoms with E-state index in [0.717, 1.165) is 23.9 Å². The van der Waals surface area contributed by atoms with E-state index in [1.807, 2.05) is 0 Å². The van der Waals surface area contributed by atoms with Gasteiger partial charge in [0.2, 0.25) is 0 Å². The fraction of sp³-hybridized carbons (Fsp3) is 0.300. The average molecular weight is 292 g/mol. The lowest BCUT2D eigenvalue weighted by molar-refractivity contribution is -0.384. The predicted octanol–water partition coefficient (Wildman–Crippen LogP) is 2.42. The topological polar surface area (TPSA) is 101 Å². The minimum atomic E-state index is -1.30. The standard InChI is InChI=1S/C10H10ClNO5S/c1-5(4-13)18-9-7(10(14)15)2-6(12(16)17)3-8(9)11/h2-3,5,13H,4H2,1H3,(H,14,15). The van der Waals surface area contributed by atoms with E-state index in [0.29, 0.717) is 0 Å². The summed E-state index contributed by atoms with van der Waals surface area (Å²) in [6, 6.07) is 2.06. The van der Waals surface area contributed by atoms with Crippen molar-refractivity contribution in [2.75, 3.05) is 6.61 Å². The van der Waals surface area contributed by atoms with E-state index in [4.69, 9.17) is 21.8 Å². The summed E-state index contributed by atoms with van der Waals surface area (Å²) in [5.41, 5.74) is -0.613. The lowest BCUT2D eigenvalue weighted by Gasteiger charge is -2.11. The first kappa shape index (κ1) is 14.7. The molecule has 1 aromatic carbocycles. The third-order valence-corrected chi connectivity index (χ3v) is 3.68. The Morgan fingerprint density at radius 2 is 2.22 bits per heavy atom. The van der Waals surface area contributed by atoms with Gasteiger partial charge in [-0.25, -0.2) is 4.79 Å². The molecule has 0 saturated carbocycles. The van der Waals surface area contributed by atoms with Gasteiger partial charge < -0.3 is 10.2 Å². The van der Waals surface area contributed by atoms with Gasteiger partial charge in [-0.1, -0.05) is 18.5 Å². The first-order chi connectivity index (χ1) is 8.36. The van der Waals surface area contributed by atoms with Gasteiger partial charge in [-0.05, 0) is 0 Å². The van der Waals surface area contributed by atoms with E-state index in [1.165, 1.54) is 0 Å². The Morgan fingerprint density at radius 1 is 1.61 bits per heavy atom. The van der Waals surface area contributed by atoms with Crippen LogP contribution in [0.3, 0.4) is 0 Å². The normalized spacial score (nSPS) is 12.2. The van der Waals surface area contributed by atoms with Crippen molar-refractivity contribution in [3.8, 4) is 0 Å². The monoisotopic (exact) mass is 291 g/mol. The molecule has 98 valence electrons. The molecule has 0 aliphatic heterocycles. The highest BCUT2D eigenvalue weighted by atomic mass is 35.5. The van der Waals surface area contributed by atoms with E-state index in [9.17, 15) is 14.9 Å². The molecule has 0 radical (unpaired) electrons. The van der Waals surface area contributed by atoms with Crippen LogP contribution in [-0.2, 0) is 0 Å². The van der Waals surface area contributed by atoms with Gasteiger partial charge in [-0.2, -0.15) is 0 Å². The third-order valence-electron chi connectivity index (χ3n) is 2.05. The fourth-order valence-corrected chi connectivity index (χ4v) is 2.47. The Bertz CT molecular complexity index is 493. The van der Waals surface area contributed by atoms with Crippen LogP contribution in [0.2, 0.25) is 5.02 Å². The van der Waals surface area contributed by atoms with Crippen LogP contribution < -0.4 is 0 Å². The molecule has 18 heavy (non-hydrogen) atoms. The van der Waals surface area contributed by atoms with Crippen molar-refractivity contribution in [3.05, 3.63) is 32.8 Å². The molecule has 0 aromatic heterocycles. The molecular formula is C10H10ClNO5S. The second-order valence-electron chi connectivity index (χ2n) is 3.48. The molecule has 0 bridgehead atoms. The molecule has 0 heterocycles. The Balaban J connectivity index is 3.31. The number of carboxylic acids is 1. The van der Waals surface area contributed by atoms with Gasteiger partial charge in [-0.3, -0.25) is 10.1 Å². The van der Waals surface area contributed by atoms with Crippen LogP contribution in [0, 0.1) is 10.1 Å². The summed E-state index contributed by atoms with van der Waals surface area (Å²) >= 11 is 6.91. The molecule has 1 rings (SSSR count). The number of halogens is 1. The number of carbonyl (C=O) groups is 1. The third kappa shape index (κ3) is 3.34. The summed E-state index contributed by atoms with van der Waals surface area (Å²) in [6.07, 6.45) is 0. The molecule has 0 spiro atoms. The van der Waals surface area contributed by atoms with Crippen molar-refractivity contribution in [3.63, 3.8) is 0 Å². The van der Waals surface area contributed by atoms with E-state index >= 15 is 0 Å². The molecule has 1 atom stereocenters. The van der Waals surface area contributed by atoms with Crippen molar-refractivity contribution in [2.24, 2.45) is 0 Å². The second kappa shape index (κ2) is 6.03. The van der Waals surface area contributed by atoms with Crippen LogP contribution in [0.4, 0.5) is 5.69 Å². The molecule has 0 fully saturated rings. The number of non-ortho nitro benzene ring substituents is 1. The van der Waals surface area contributed by atoms with Crippen LogP contribution in [-0.4, -0.2) is 33.0 Å². The van der Waals surface area contributed by atoms with Gasteiger partial charge in [0.25, 0.3) is 5.69 Å². The van der Waals surface area contributed by atoms with Gasteiger partial charge >= 0.3 is 5.97 Å². The number of nitrogens with zero attached hydrogens (tertiary/aromatic N) is 1. The van der Waals surface area contributed by atoms with E-state index in [2.05, 4.69) is 0 Å². The van der Waals surface area contributed by atoms with Gasteiger partial charge in [0.15, 0.2) is 0 Å². The van der Waals surface area contributed by atoms with Crippen LogP contribution in [0.1, 0.15) is 17.3 Å². The second-order valence-corrected chi connectivity index (χ2v) is 5.33. The lowest BCUT2D eigenvalue weighted by Crippen LogP contribution is -2.06. The SMILES string of the molecule is CC(CO)Sc1c(Cl)cc([N+](=O)[O-])cc1C(=O)O. The summed E-state index contributed by atoms with van der Waals surface area (Å²) in [5, 5.41) is 28.3. The molecule has 0 aliphatic carbocycles. The number of hydrogen-bond donors (Lipinski definition) is 2. The highest BCUT2D eigenvalue weighted by Crippen LogP contribution is 2.36. The van der Waals surface area contributed by atoms with Crippen molar-refractivity contribution in [1.82, 2.24) is 0 Å². The number of nitro groups is 1. The number of aromatic carboxylic acids is 1. The van der Waals surface area contributed by atoms with E-state index in [1.54, 1.807) is 6.92 Å². The van der Waals surface area contributed by atoms with Gasteiger partial charge in [0, 0.05) is 22.3 Å². The first-order valence-corrected chi connectivity index (χ1v) is 6.11. The number of aliphatic hydroxyl groups is 1. The molecule has 1 unspecified atom stereocenters. The van der Waals surface area contributed by atoms with Gasteiger partial charge in [0.05, 0.1) is 22.1 Å². The highest BCUT2D eigenvalue weighted by molar-refractivity contribution is 8.00. The number of carboxylic acid groups (broad SMARTS) is 1. The Labute approximate surface area is 112 Å². The van der Waals surface area contributed by atoms with E-state index in [-0.39, 0.29) is 33.0 Å². The molecule has 0 aliphatic rings. The number of rotatable bonds is 5. The molecule has 0 amide bonds. The quantitative estimate of drug-likeness (QED) is 0.491. The number of hydrogen-bond acceptors (Lipinski definition) is 5. The van der Waals surface area contributed by atoms with Gasteiger partial charge in [-0.15, -0.1) is 11.8 Å². The van der Waals surface area contributed by atoms with Crippen molar-refractivity contribution in [2.45, 2.75) is 17.1 Å². The Morgan fingerprint density at radius 3 is 2.67 bits per heavy atom. The smallest absolute Gasteiger partial charge is 0.337 e. The Hall–Kier alpha value is -1.31. The molecular weight excluding hydrogens is 282 g/mol. The predicted molar refractivity (Wildman–Crippen MR) is 67.5 cm³/mol. The zero-order valence-electron chi connectivity index (χ0n) is 9.29. The van der Waals surface area contributed by atoms with Crippen LogP contribution in [0.15, 0.2) is 17.0 Å². The van der Waals surface area contributed by atoms with Crippen LogP contribution >= 0.6 is 23.4 Å². The Kier molecular flexibility index (Phi) is 4.94. The molecule has 8 heteroatoms. The summed E-state index contributed by atoms with van der Waals surface area (Å²) in [4.78, 5) is 21.2. The molecule has 6 nitrogen and oxygen atoms in total. The molecule has 2 N–H and O–H groups in total. The zero-order valence-corrected chi connectivity index (χ0v) is 10.9. The number of aliphatic hydroxyl groups excluding tert-OH is 1. The van der Waals surface area contributed by atoms with Gasteiger partial charge in [0.1, 0.15) is 0 Å². The number of nitro benzene ring substituents is 1. The number of thioether (sulfide) groups is 1. The van der Waals surface area contributed by atoms with Crippen LogP contribution in [0.5, 0.6) is 0 Å². The maximum Gasteiger partial charge on any atom is 0.337 e. The van der Waals surface area contributed by atoms with Crippen molar-refractivity contribution < 1.29 is 19.9 Å². The van der Waals surface area contributed by atoms with E-state index < -0.39 is 10.9 Å². The minimum absolute atomic E-state index is 0.00750. The highest BCUT2D eigenvalue weighted by Gasteiger charge is 2.21. The van der Waals surface area contributed by atoms with Crippen molar-refractivity contribution >= 4 is 35.0 Å². The van der Waals surface area contributed by atoms with Crippen molar-refractivity contribution in [1.29, 1.82) is 0 Å². The zero-order chi connectivity index (χ0) is 13.9. The average Bonchev–Trinajstić information content (AvgIpc) is 2.30. The maximum absolute atomic E-state index is 11.1. The largest absolute Gasteiger partial charge is 0.478 e. The number of benzene rings is 1. The maximum atomic E-state index is 11.1. The molecule has 1 aromatic rings.